The van der Waals surface area contributed by atoms with Crippen molar-refractivity contribution in [3.63, 3.8) is 0 Å². The molecule has 0 amide bonds. The molecule has 0 spiro atoms. The van der Waals surface area contributed by atoms with Crippen LogP contribution in [0.1, 0.15) is 57.8 Å². The lowest BCUT2D eigenvalue weighted by molar-refractivity contribution is 0.303. The largest absolute Gasteiger partial charge is 0.494 e. The molecule has 0 bridgehead atoms. The van der Waals surface area contributed by atoms with E-state index in [1.165, 1.54) is 44.9 Å². The summed E-state index contributed by atoms with van der Waals surface area (Å²) in [6.07, 6.45) is 14.2. The van der Waals surface area contributed by atoms with Crippen molar-refractivity contribution in [3.8, 4) is 5.75 Å². The van der Waals surface area contributed by atoms with Gasteiger partial charge in [0, 0.05) is 0 Å². The molecule has 1 fully saturated rings. The molecule has 1 saturated heterocycles. The number of para-hydroxylation sites is 1. The van der Waals surface area contributed by atoms with Gasteiger partial charge in [-0.15, -0.1) is 19.7 Å². The van der Waals surface area contributed by atoms with Crippen LogP contribution in [-0.4, -0.2) is 19.3 Å². The maximum absolute atomic E-state index is 5.71. The first-order valence-corrected chi connectivity index (χ1v) is 9.79. The smallest absolute Gasteiger partial charge is 0.119 e. The summed E-state index contributed by atoms with van der Waals surface area (Å²) < 4.78 is 11.1. The number of rotatable bonds is 14. The number of epoxide rings is 1. The first kappa shape index (κ1) is 21.5. The third-order valence-electron chi connectivity index (χ3n) is 4.52. The summed E-state index contributed by atoms with van der Waals surface area (Å²) in [7, 11) is 0. The Kier molecular flexibility index (Phi) is 12.7. The molecule has 2 nitrogen and oxygen atoms in total. The van der Waals surface area contributed by atoms with Gasteiger partial charge < -0.3 is 9.47 Å². The zero-order chi connectivity index (χ0) is 18.2. The third-order valence-corrected chi connectivity index (χ3v) is 4.52. The Morgan fingerprint density at radius 2 is 1.68 bits per heavy atom. The van der Waals surface area contributed by atoms with Crippen LogP contribution >= 0.6 is 0 Å². The molecule has 140 valence electrons. The van der Waals surface area contributed by atoms with E-state index < -0.39 is 0 Å². The van der Waals surface area contributed by atoms with Crippen LogP contribution in [0.5, 0.6) is 5.75 Å². The Hall–Kier alpha value is -1.54. The van der Waals surface area contributed by atoms with E-state index in [-0.39, 0.29) is 0 Å². The van der Waals surface area contributed by atoms with Crippen molar-refractivity contribution in [2.24, 2.45) is 5.92 Å². The minimum Gasteiger partial charge on any atom is -0.494 e. The zero-order valence-corrected chi connectivity index (χ0v) is 15.8. The summed E-state index contributed by atoms with van der Waals surface area (Å²) in [6, 6.07) is 10.1. The Labute approximate surface area is 154 Å². The van der Waals surface area contributed by atoms with Crippen molar-refractivity contribution in [1.82, 2.24) is 0 Å². The second-order valence-electron chi connectivity index (χ2n) is 6.65. The van der Waals surface area contributed by atoms with Gasteiger partial charge in [0.25, 0.3) is 0 Å². The fraction of sp³-hybridized carbons (Fsp3) is 0.565. The fourth-order valence-corrected chi connectivity index (χ4v) is 3.09. The van der Waals surface area contributed by atoms with Crippen molar-refractivity contribution < 1.29 is 9.47 Å². The SMILES string of the molecule is C=C.C=CCC(CCCCCCCCOc1ccccc1)CC1CO1. The van der Waals surface area contributed by atoms with Gasteiger partial charge in [-0.3, -0.25) is 0 Å². The van der Waals surface area contributed by atoms with Crippen LogP contribution in [0.25, 0.3) is 0 Å². The Balaban J connectivity index is 0.00000151. The van der Waals surface area contributed by atoms with Gasteiger partial charge in [-0.05, 0) is 37.3 Å². The highest BCUT2D eigenvalue weighted by Gasteiger charge is 2.25. The van der Waals surface area contributed by atoms with Crippen molar-refractivity contribution >= 4 is 0 Å². The highest BCUT2D eigenvalue weighted by Crippen LogP contribution is 2.26. The van der Waals surface area contributed by atoms with Gasteiger partial charge >= 0.3 is 0 Å². The average molecular weight is 345 g/mol. The lowest BCUT2D eigenvalue weighted by Crippen LogP contribution is -2.03. The van der Waals surface area contributed by atoms with E-state index >= 15 is 0 Å². The molecule has 2 heteroatoms. The van der Waals surface area contributed by atoms with Gasteiger partial charge in [-0.25, -0.2) is 0 Å². The molecule has 1 aliphatic rings. The van der Waals surface area contributed by atoms with Gasteiger partial charge in [0.1, 0.15) is 5.75 Å². The molecular weight excluding hydrogens is 308 g/mol. The summed E-state index contributed by atoms with van der Waals surface area (Å²) in [4.78, 5) is 0. The number of ether oxygens (including phenoxy) is 2. The summed E-state index contributed by atoms with van der Waals surface area (Å²) in [5, 5.41) is 0. The van der Waals surface area contributed by atoms with Crippen LogP contribution in [0.4, 0.5) is 0 Å². The Morgan fingerprint density at radius 1 is 1.04 bits per heavy atom. The molecule has 25 heavy (non-hydrogen) atoms. The van der Waals surface area contributed by atoms with Crippen LogP contribution in [-0.2, 0) is 4.74 Å². The molecular formula is C23H36O2. The predicted octanol–water partition coefficient (Wildman–Crippen LogP) is 6.58. The molecule has 0 saturated carbocycles. The minimum absolute atomic E-state index is 0.560. The lowest BCUT2D eigenvalue weighted by atomic mass is 9.93. The van der Waals surface area contributed by atoms with E-state index in [0.29, 0.717) is 6.10 Å². The number of allylic oxidation sites excluding steroid dienone is 1. The van der Waals surface area contributed by atoms with Crippen molar-refractivity contribution in [2.45, 2.75) is 63.9 Å². The van der Waals surface area contributed by atoms with Gasteiger partial charge in [-0.2, -0.15) is 0 Å². The summed E-state index contributed by atoms with van der Waals surface area (Å²) in [6.45, 7) is 11.7. The van der Waals surface area contributed by atoms with E-state index in [9.17, 15) is 0 Å². The second-order valence-corrected chi connectivity index (χ2v) is 6.65. The first-order valence-electron chi connectivity index (χ1n) is 9.79. The molecule has 2 rings (SSSR count). The number of hydrogen-bond donors (Lipinski definition) is 0. The predicted molar refractivity (Wildman–Crippen MR) is 108 cm³/mol. The quantitative estimate of drug-likeness (QED) is 0.216. The zero-order valence-electron chi connectivity index (χ0n) is 15.8. The van der Waals surface area contributed by atoms with Crippen LogP contribution in [0.15, 0.2) is 56.1 Å². The molecule has 0 aliphatic carbocycles. The molecule has 1 aromatic carbocycles. The second kappa shape index (κ2) is 14.8. The maximum atomic E-state index is 5.71. The van der Waals surface area contributed by atoms with Gasteiger partial charge in [0.15, 0.2) is 0 Å². The molecule has 0 aromatic heterocycles. The van der Waals surface area contributed by atoms with Crippen LogP contribution in [0, 0.1) is 5.92 Å². The van der Waals surface area contributed by atoms with E-state index in [1.54, 1.807) is 0 Å². The van der Waals surface area contributed by atoms with E-state index in [1.807, 2.05) is 30.3 Å². The van der Waals surface area contributed by atoms with Gasteiger partial charge in [-0.1, -0.05) is 62.8 Å². The number of hydrogen-bond acceptors (Lipinski definition) is 2. The lowest BCUT2D eigenvalue weighted by Gasteiger charge is -2.13. The third kappa shape index (κ3) is 11.6. The molecule has 1 heterocycles. The molecule has 2 atom stereocenters. The van der Waals surface area contributed by atoms with Crippen molar-refractivity contribution in [2.75, 3.05) is 13.2 Å². The van der Waals surface area contributed by atoms with Crippen LogP contribution in [0.2, 0.25) is 0 Å². The maximum Gasteiger partial charge on any atom is 0.119 e. The molecule has 1 aliphatic heterocycles. The molecule has 2 unspecified atom stereocenters. The van der Waals surface area contributed by atoms with Gasteiger partial charge in [0.2, 0.25) is 0 Å². The minimum atomic E-state index is 0.560. The fourth-order valence-electron chi connectivity index (χ4n) is 3.09. The summed E-state index contributed by atoms with van der Waals surface area (Å²) in [5.74, 6) is 1.78. The van der Waals surface area contributed by atoms with Crippen molar-refractivity contribution in [1.29, 1.82) is 0 Å². The Bertz CT molecular complexity index is 425. The standard InChI is InChI=1S/C21H32O2.C2H4/c1-2-12-19(17-21-18-23-21)13-8-5-3-4-6-11-16-22-20-14-9-7-10-15-20;1-2/h2,7,9-10,14-15,19,21H,1,3-6,8,11-13,16-18H2;1-2H2. The molecule has 1 aromatic rings. The topological polar surface area (TPSA) is 21.8 Å². The number of unbranched alkanes of at least 4 members (excludes halogenated alkanes) is 5. The monoisotopic (exact) mass is 344 g/mol. The van der Waals surface area contributed by atoms with E-state index in [4.69, 9.17) is 9.47 Å². The molecule has 0 N–H and O–H groups in total. The highest BCUT2D eigenvalue weighted by molar-refractivity contribution is 5.20. The van der Waals surface area contributed by atoms with E-state index in [0.717, 1.165) is 37.7 Å². The van der Waals surface area contributed by atoms with Crippen molar-refractivity contribution in [3.05, 3.63) is 56.1 Å². The summed E-state index contributed by atoms with van der Waals surface area (Å²) in [5.41, 5.74) is 0. The van der Waals surface area contributed by atoms with E-state index in [2.05, 4.69) is 25.8 Å². The Morgan fingerprint density at radius 3 is 2.32 bits per heavy atom. The summed E-state index contributed by atoms with van der Waals surface area (Å²) >= 11 is 0. The molecule has 0 radical (unpaired) electrons. The van der Waals surface area contributed by atoms with Gasteiger partial charge in [0.05, 0.1) is 19.3 Å². The normalized spacial score (nSPS) is 16.4. The average Bonchev–Trinajstić information content (AvgIpc) is 3.47. The number of benzene rings is 1. The highest BCUT2D eigenvalue weighted by atomic mass is 16.6. The van der Waals surface area contributed by atoms with Crippen LogP contribution in [0.3, 0.4) is 0 Å². The first-order chi connectivity index (χ1) is 12.4. The van der Waals surface area contributed by atoms with Crippen LogP contribution < -0.4 is 4.74 Å².